The molecule has 124 valence electrons. The Hall–Kier alpha value is -2.02. The zero-order chi connectivity index (χ0) is 16.3. The predicted octanol–water partition coefficient (Wildman–Crippen LogP) is 2.01. The molecule has 0 N–H and O–H groups in total. The molecule has 0 bridgehead atoms. The summed E-state index contributed by atoms with van der Waals surface area (Å²) in [6.07, 6.45) is 7.26. The van der Waals surface area contributed by atoms with Crippen LogP contribution in [0.1, 0.15) is 26.7 Å². The largest absolute Gasteiger partial charge is 0.384 e. The summed E-state index contributed by atoms with van der Waals surface area (Å²) in [7, 11) is 1.78. The third-order valence-electron chi connectivity index (χ3n) is 4.59. The maximum absolute atomic E-state index is 5.37. The first-order valence-corrected chi connectivity index (χ1v) is 8.10. The van der Waals surface area contributed by atoms with E-state index in [1.165, 1.54) is 0 Å². The standard InChI is InChI=1S/C16H24N6O/c1-4-22-14(13-11-17-7-8-18-13)19-20-15(22)21-9-5-16(2,6-10-21)12-23-3/h7-8,11H,4-6,9-10,12H2,1-3H3. The number of aromatic nitrogens is 5. The van der Waals surface area contributed by atoms with Gasteiger partial charge in [-0.05, 0) is 25.2 Å². The van der Waals surface area contributed by atoms with Gasteiger partial charge < -0.3 is 9.64 Å². The van der Waals surface area contributed by atoms with Crippen LogP contribution < -0.4 is 4.90 Å². The van der Waals surface area contributed by atoms with Crippen LogP contribution in [-0.2, 0) is 11.3 Å². The Morgan fingerprint density at radius 3 is 2.61 bits per heavy atom. The maximum atomic E-state index is 5.37. The SMILES string of the molecule is CCn1c(-c2cnccn2)nnc1N1CCC(C)(COC)CC1. The van der Waals surface area contributed by atoms with Gasteiger partial charge in [0.05, 0.1) is 12.8 Å². The van der Waals surface area contributed by atoms with Crippen LogP contribution in [0.4, 0.5) is 5.95 Å². The minimum absolute atomic E-state index is 0.260. The summed E-state index contributed by atoms with van der Waals surface area (Å²) in [5.74, 6) is 1.70. The molecule has 0 saturated carbocycles. The Bertz CT molecular complexity index is 633. The van der Waals surface area contributed by atoms with Gasteiger partial charge in [-0.1, -0.05) is 6.92 Å². The number of hydrogen-bond donors (Lipinski definition) is 0. The summed E-state index contributed by atoms with van der Waals surface area (Å²) in [6, 6.07) is 0. The van der Waals surface area contributed by atoms with E-state index in [2.05, 4.69) is 43.5 Å². The molecule has 0 amide bonds. The van der Waals surface area contributed by atoms with Crippen LogP contribution in [0.15, 0.2) is 18.6 Å². The van der Waals surface area contributed by atoms with Crippen molar-refractivity contribution in [2.24, 2.45) is 5.41 Å². The van der Waals surface area contributed by atoms with Gasteiger partial charge in [0.25, 0.3) is 0 Å². The summed E-state index contributed by atoms with van der Waals surface area (Å²) in [4.78, 5) is 10.8. The molecule has 23 heavy (non-hydrogen) atoms. The molecule has 7 heteroatoms. The van der Waals surface area contributed by atoms with Crippen molar-refractivity contribution in [2.75, 3.05) is 31.7 Å². The number of hydrogen-bond acceptors (Lipinski definition) is 6. The van der Waals surface area contributed by atoms with E-state index < -0.39 is 0 Å². The van der Waals surface area contributed by atoms with E-state index in [-0.39, 0.29) is 5.41 Å². The molecule has 1 fully saturated rings. The Labute approximate surface area is 136 Å². The summed E-state index contributed by atoms with van der Waals surface area (Å²) in [5.41, 5.74) is 1.02. The van der Waals surface area contributed by atoms with Crippen molar-refractivity contribution in [3.8, 4) is 11.5 Å². The first-order chi connectivity index (χ1) is 11.2. The van der Waals surface area contributed by atoms with Crippen LogP contribution in [0, 0.1) is 5.41 Å². The number of ether oxygens (including phenoxy) is 1. The molecule has 7 nitrogen and oxygen atoms in total. The molecule has 1 aliphatic heterocycles. The molecular weight excluding hydrogens is 292 g/mol. The first-order valence-electron chi connectivity index (χ1n) is 8.10. The molecule has 0 spiro atoms. The molecular formula is C16H24N6O. The zero-order valence-corrected chi connectivity index (χ0v) is 14.1. The third-order valence-corrected chi connectivity index (χ3v) is 4.59. The van der Waals surface area contributed by atoms with Gasteiger partial charge in [-0.25, -0.2) is 4.98 Å². The van der Waals surface area contributed by atoms with Crippen molar-refractivity contribution in [1.82, 2.24) is 24.7 Å². The van der Waals surface area contributed by atoms with Crippen LogP contribution in [0.2, 0.25) is 0 Å². The fraction of sp³-hybridized carbons (Fsp3) is 0.625. The molecule has 0 radical (unpaired) electrons. The fourth-order valence-electron chi connectivity index (χ4n) is 3.16. The monoisotopic (exact) mass is 316 g/mol. The average Bonchev–Trinajstić information content (AvgIpc) is 3.00. The van der Waals surface area contributed by atoms with Crippen molar-refractivity contribution < 1.29 is 4.74 Å². The van der Waals surface area contributed by atoms with Gasteiger partial charge in [0.15, 0.2) is 5.82 Å². The van der Waals surface area contributed by atoms with Gasteiger partial charge in [0.2, 0.25) is 5.95 Å². The fourth-order valence-corrected chi connectivity index (χ4v) is 3.16. The maximum Gasteiger partial charge on any atom is 0.227 e. The van der Waals surface area contributed by atoms with Crippen LogP contribution in [0.5, 0.6) is 0 Å². The van der Waals surface area contributed by atoms with Crippen LogP contribution in [-0.4, -0.2) is 51.5 Å². The minimum atomic E-state index is 0.260. The van der Waals surface area contributed by atoms with E-state index in [9.17, 15) is 0 Å². The van der Waals surface area contributed by atoms with Crippen molar-refractivity contribution >= 4 is 5.95 Å². The molecule has 0 aromatic carbocycles. The van der Waals surface area contributed by atoms with E-state index in [1.54, 1.807) is 25.7 Å². The minimum Gasteiger partial charge on any atom is -0.384 e. The highest BCUT2D eigenvalue weighted by molar-refractivity contribution is 5.51. The van der Waals surface area contributed by atoms with Gasteiger partial charge in [0.1, 0.15) is 5.69 Å². The van der Waals surface area contributed by atoms with E-state index in [1.807, 2.05) is 0 Å². The molecule has 1 aliphatic rings. The number of piperidine rings is 1. The van der Waals surface area contributed by atoms with Crippen molar-refractivity contribution in [1.29, 1.82) is 0 Å². The summed E-state index contributed by atoms with van der Waals surface area (Å²) >= 11 is 0. The second-order valence-electron chi connectivity index (χ2n) is 6.39. The lowest BCUT2D eigenvalue weighted by Crippen LogP contribution is -2.41. The van der Waals surface area contributed by atoms with E-state index in [4.69, 9.17) is 4.74 Å². The lowest BCUT2D eigenvalue weighted by Gasteiger charge is -2.39. The summed E-state index contributed by atoms with van der Waals surface area (Å²) < 4.78 is 7.48. The predicted molar refractivity (Wildman–Crippen MR) is 88.2 cm³/mol. The number of anilines is 1. The van der Waals surface area contributed by atoms with Crippen molar-refractivity contribution in [3.63, 3.8) is 0 Å². The van der Waals surface area contributed by atoms with Gasteiger partial charge >= 0.3 is 0 Å². The number of rotatable bonds is 5. The normalized spacial score (nSPS) is 17.4. The second-order valence-corrected chi connectivity index (χ2v) is 6.39. The molecule has 3 heterocycles. The van der Waals surface area contributed by atoms with Gasteiger partial charge in [-0.2, -0.15) is 0 Å². The van der Waals surface area contributed by atoms with E-state index in [0.29, 0.717) is 0 Å². The Kier molecular flexibility index (Phi) is 4.56. The average molecular weight is 316 g/mol. The molecule has 0 atom stereocenters. The molecule has 3 rings (SSSR count). The van der Waals surface area contributed by atoms with Crippen LogP contribution in [0.3, 0.4) is 0 Å². The van der Waals surface area contributed by atoms with Crippen LogP contribution >= 0.6 is 0 Å². The Morgan fingerprint density at radius 1 is 1.22 bits per heavy atom. The Balaban J connectivity index is 1.81. The summed E-state index contributed by atoms with van der Waals surface area (Å²) in [6.45, 7) is 7.96. The highest BCUT2D eigenvalue weighted by Gasteiger charge is 2.32. The summed E-state index contributed by atoms with van der Waals surface area (Å²) in [5, 5.41) is 8.77. The topological polar surface area (TPSA) is 69.0 Å². The number of nitrogens with zero attached hydrogens (tertiary/aromatic N) is 6. The molecule has 1 saturated heterocycles. The zero-order valence-electron chi connectivity index (χ0n) is 14.1. The quantitative estimate of drug-likeness (QED) is 0.840. The van der Waals surface area contributed by atoms with Crippen molar-refractivity contribution in [3.05, 3.63) is 18.6 Å². The second kappa shape index (κ2) is 6.62. The highest BCUT2D eigenvalue weighted by atomic mass is 16.5. The molecule has 0 unspecified atom stereocenters. The van der Waals surface area contributed by atoms with E-state index >= 15 is 0 Å². The smallest absolute Gasteiger partial charge is 0.227 e. The molecule has 2 aromatic heterocycles. The highest BCUT2D eigenvalue weighted by Crippen LogP contribution is 2.33. The molecule has 0 aliphatic carbocycles. The first kappa shape index (κ1) is 15.9. The van der Waals surface area contributed by atoms with Crippen LogP contribution in [0.25, 0.3) is 11.5 Å². The van der Waals surface area contributed by atoms with Crippen molar-refractivity contribution in [2.45, 2.75) is 33.2 Å². The third kappa shape index (κ3) is 3.19. The molecule has 2 aromatic rings. The number of methoxy groups -OCH3 is 1. The Morgan fingerprint density at radius 2 is 2.00 bits per heavy atom. The van der Waals surface area contributed by atoms with Gasteiger partial charge in [-0.15, -0.1) is 10.2 Å². The lowest BCUT2D eigenvalue weighted by atomic mass is 9.81. The van der Waals surface area contributed by atoms with Gasteiger partial charge in [0, 0.05) is 39.1 Å². The van der Waals surface area contributed by atoms with Gasteiger partial charge in [-0.3, -0.25) is 9.55 Å². The lowest BCUT2D eigenvalue weighted by molar-refractivity contribution is 0.0728. The van der Waals surface area contributed by atoms with E-state index in [0.717, 1.165) is 56.5 Å².